The highest BCUT2D eigenvalue weighted by Crippen LogP contribution is 2.60. The molecule has 4 N–H and O–H groups in total. The van der Waals surface area contributed by atoms with E-state index in [2.05, 4.69) is 48.8 Å². The molecule has 0 saturated heterocycles. The van der Waals surface area contributed by atoms with Crippen molar-refractivity contribution in [2.45, 2.75) is 50.9 Å². The zero-order valence-electron chi connectivity index (χ0n) is 26.0. The number of nitriles is 2. The lowest BCUT2D eigenvalue weighted by Crippen LogP contribution is -2.69. The van der Waals surface area contributed by atoms with Crippen LogP contribution in [0.2, 0.25) is 0 Å². The second-order valence-electron chi connectivity index (χ2n) is 13.2. The normalized spacial score (nSPS) is 20.7. The van der Waals surface area contributed by atoms with Gasteiger partial charge in [0.05, 0.1) is 52.1 Å². The summed E-state index contributed by atoms with van der Waals surface area (Å²) in [5.74, 6) is 1.26. The summed E-state index contributed by atoms with van der Waals surface area (Å²) in [6, 6.07) is 14.9. The molecule has 1 atom stereocenters. The van der Waals surface area contributed by atoms with Crippen LogP contribution in [0.15, 0.2) is 60.7 Å². The summed E-state index contributed by atoms with van der Waals surface area (Å²) in [4.78, 5) is 8.72. The maximum atomic E-state index is 13.8. The van der Waals surface area contributed by atoms with E-state index in [0.717, 1.165) is 61.1 Å². The molecule has 1 aliphatic heterocycles. The number of hydrazine groups is 2. The van der Waals surface area contributed by atoms with Crippen LogP contribution in [-0.2, 0) is 0 Å². The maximum absolute atomic E-state index is 13.8. The van der Waals surface area contributed by atoms with Crippen molar-refractivity contribution in [3.63, 3.8) is 0 Å². The van der Waals surface area contributed by atoms with Crippen LogP contribution >= 0.6 is 0 Å². The Bertz CT molecular complexity index is 2010. The fourth-order valence-corrected chi connectivity index (χ4v) is 6.72. The molecular formula is C34H32F3N9O. The summed E-state index contributed by atoms with van der Waals surface area (Å²) < 4.78 is 46.8. The molecule has 0 spiro atoms. The summed E-state index contributed by atoms with van der Waals surface area (Å²) in [5.41, 5.74) is 7.66. The van der Waals surface area contributed by atoms with Crippen molar-refractivity contribution in [1.82, 2.24) is 25.9 Å². The lowest BCUT2D eigenvalue weighted by molar-refractivity contribution is -0.206. The highest BCUT2D eigenvalue weighted by atomic mass is 19.4. The Kier molecular flexibility index (Phi) is 7.06. The molecule has 0 radical (unpaired) electrons. The van der Waals surface area contributed by atoms with Gasteiger partial charge in [0.2, 0.25) is 5.88 Å². The first-order valence-electron chi connectivity index (χ1n) is 15.3. The average Bonchev–Trinajstić information content (AvgIpc) is 3.48. The molecule has 0 amide bonds. The first-order valence-corrected chi connectivity index (χ1v) is 15.3. The molecule has 47 heavy (non-hydrogen) atoms. The van der Waals surface area contributed by atoms with Crippen molar-refractivity contribution in [1.29, 1.82) is 10.5 Å². The number of fused-ring (bicyclic) bond motifs is 2. The Morgan fingerprint density at radius 3 is 2.49 bits per heavy atom. The van der Waals surface area contributed by atoms with Gasteiger partial charge in [0.1, 0.15) is 12.1 Å². The number of rotatable bonds is 9. The largest absolute Gasteiger partial charge is 0.481 e. The molecule has 4 aliphatic rings. The minimum atomic E-state index is -4.48. The third-order valence-electron chi connectivity index (χ3n) is 9.72. The average molecular weight is 640 g/mol. The standard InChI is InChI=1S/C34H32F3N9O/c1-32(2,34(35,36)37)18-42-29-21(15-39)16-41-28-20(14-38)9-22(10-26(28)29)43-30(27-17-46(45-44-27)33-11-19(12-33)13-33)24-5-4-6-25-23(24)7-8-40-31(25)47-3/h4-10,16-17,19,30,43-45H,11-13,18H2,1-3H3,(H,41,42)/t19?,30-,33?/m0/s1. The van der Waals surface area contributed by atoms with Crippen molar-refractivity contribution in [3.8, 4) is 18.0 Å². The lowest BCUT2D eigenvalue weighted by atomic mass is 9.49. The molecule has 0 unspecified atom stereocenters. The zero-order valence-corrected chi connectivity index (χ0v) is 26.0. The van der Waals surface area contributed by atoms with Crippen molar-refractivity contribution in [2.75, 3.05) is 24.3 Å². The Morgan fingerprint density at radius 2 is 1.83 bits per heavy atom. The Balaban J connectivity index is 1.34. The van der Waals surface area contributed by atoms with E-state index in [9.17, 15) is 23.7 Å². The first-order chi connectivity index (χ1) is 22.5. The third-order valence-corrected chi connectivity index (χ3v) is 9.72. The molecule has 13 heteroatoms. The molecule has 10 nitrogen and oxygen atoms in total. The van der Waals surface area contributed by atoms with Crippen LogP contribution in [0.5, 0.6) is 5.88 Å². The number of alkyl halides is 3. The highest BCUT2D eigenvalue weighted by Gasteiger charge is 2.60. The van der Waals surface area contributed by atoms with Crippen LogP contribution in [0.25, 0.3) is 21.7 Å². The second kappa shape index (κ2) is 10.9. The maximum Gasteiger partial charge on any atom is 0.395 e. The van der Waals surface area contributed by atoms with E-state index in [1.165, 1.54) is 6.20 Å². The number of pyridine rings is 2. The van der Waals surface area contributed by atoms with E-state index in [1.807, 2.05) is 30.3 Å². The fraction of sp³-hybridized carbons (Fsp3) is 0.353. The van der Waals surface area contributed by atoms with Crippen LogP contribution in [0.4, 0.5) is 24.5 Å². The molecule has 4 aromatic rings. The quantitative estimate of drug-likeness (QED) is 0.163. The predicted molar refractivity (Wildman–Crippen MR) is 170 cm³/mol. The van der Waals surface area contributed by atoms with Crippen LogP contribution < -0.4 is 26.3 Å². The number of aromatic nitrogens is 2. The Morgan fingerprint density at radius 1 is 1.06 bits per heavy atom. The smallest absolute Gasteiger partial charge is 0.395 e. The summed E-state index contributed by atoms with van der Waals surface area (Å²) >= 11 is 0. The number of nitrogens with zero attached hydrogens (tertiary/aromatic N) is 5. The van der Waals surface area contributed by atoms with Gasteiger partial charge in [0.15, 0.2) is 0 Å². The van der Waals surface area contributed by atoms with Gasteiger partial charge < -0.3 is 20.8 Å². The monoisotopic (exact) mass is 639 g/mol. The van der Waals surface area contributed by atoms with Crippen molar-refractivity contribution < 1.29 is 17.9 Å². The van der Waals surface area contributed by atoms with Crippen LogP contribution in [0.1, 0.15) is 55.8 Å². The van der Waals surface area contributed by atoms with Crippen LogP contribution in [0, 0.1) is 34.0 Å². The number of hydrogen-bond donors (Lipinski definition) is 4. The Hall–Kier alpha value is -5.27. The van der Waals surface area contributed by atoms with Gasteiger partial charge in [0, 0.05) is 41.6 Å². The molecule has 3 heterocycles. The zero-order chi connectivity index (χ0) is 33.1. The minimum Gasteiger partial charge on any atom is -0.481 e. The van der Waals surface area contributed by atoms with E-state index in [0.29, 0.717) is 17.0 Å². The summed E-state index contributed by atoms with van der Waals surface area (Å²) in [7, 11) is 1.57. The van der Waals surface area contributed by atoms with E-state index in [4.69, 9.17) is 4.74 Å². The molecule has 2 bridgehead atoms. The van der Waals surface area contributed by atoms with Gasteiger partial charge in [-0.25, -0.2) is 4.98 Å². The minimum absolute atomic E-state index is 0.0697. The fourth-order valence-electron chi connectivity index (χ4n) is 6.72. The van der Waals surface area contributed by atoms with Crippen LogP contribution in [-0.4, -0.2) is 40.3 Å². The van der Waals surface area contributed by atoms with Crippen molar-refractivity contribution in [2.24, 2.45) is 11.3 Å². The van der Waals surface area contributed by atoms with Gasteiger partial charge in [-0.2, -0.15) is 23.7 Å². The number of benzene rings is 2. The van der Waals surface area contributed by atoms with Gasteiger partial charge in [-0.05, 0) is 74.2 Å². The predicted octanol–water partition coefficient (Wildman–Crippen LogP) is 6.41. The topological polar surface area (TPSA) is 134 Å². The number of methoxy groups -OCH3 is 1. The molecule has 240 valence electrons. The van der Waals surface area contributed by atoms with E-state index in [1.54, 1.807) is 25.4 Å². The third kappa shape index (κ3) is 4.98. The van der Waals surface area contributed by atoms with Crippen molar-refractivity contribution >= 4 is 33.1 Å². The first kappa shape index (κ1) is 30.4. The molecule has 2 aromatic carbocycles. The molecule has 8 rings (SSSR count). The molecule has 2 aromatic heterocycles. The summed E-state index contributed by atoms with van der Waals surface area (Å²) in [6.07, 6.45) is 3.94. The number of hydrogen-bond acceptors (Lipinski definition) is 10. The number of nitrogens with one attached hydrogen (secondary N) is 4. The second-order valence-corrected chi connectivity index (χ2v) is 13.2. The molecule has 3 fully saturated rings. The lowest BCUT2D eigenvalue weighted by Gasteiger charge is -2.64. The van der Waals surface area contributed by atoms with E-state index < -0.39 is 24.2 Å². The Labute approximate surface area is 269 Å². The number of anilines is 2. The van der Waals surface area contributed by atoms with Crippen LogP contribution in [0.3, 0.4) is 0 Å². The van der Waals surface area contributed by atoms with Gasteiger partial charge in [-0.15, -0.1) is 5.53 Å². The van der Waals surface area contributed by atoms with Gasteiger partial charge in [-0.1, -0.05) is 12.1 Å². The number of ether oxygens (including phenoxy) is 1. The van der Waals surface area contributed by atoms with Gasteiger partial charge >= 0.3 is 6.18 Å². The highest BCUT2D eigenvalue weighted by molar-refractivity contribution is 5.99. The molecular weight excluding hydrogens is 607 g/mol. The van der Waals surface area contributed by atoms with Gasteiger partial charge in [0.25, 0.3) is 0 Å². The van der Waals surface area contributed by atoms with E-state index >= 15 is 0 Å². The summed E-state index contributed by atoms with van der Waals surface area (Å²) in [5, 5.41) is 30.7. The SMILES string of the molecule is COc1nccc2c([C@H](Nc3cc(C#N)c4ncc(C#N)c(NCC(C)(C)C(F)(F)F)c4c3)C3=CN(C45CC(C4)C5)NN3)cccc12. The van der Waals surface area contributed by atoms with Gasteiger partial charge in [-0.3, -0.25) is 9.99 Å². The van der Waals surface area contributed by atoms with E-state index in [-0.39, 0.29) is 27.9 Å². The molecule has 3 aliphatic carbocycles. The summed E-state index contributed by atoms with van der Waals surface area (Å²) in [6.45, 7) is 1.70. The van der Waals surface area contributed by atoms with Crippen molar-refractivity contribution in [3.05, 3.63) is 77.4 Å². The number of halogens is 3. The molecule has 3 saturated carbocycles.